The van der Waals surface area contributed by atoms with Gasteiger partial charge in [-0.3, -0.25) is 9.69 Å². The zero-order valence-corrected chi connectivity index (χ0v) is 18.7. The molecule has 0 radical (unpaired) electrons. The highest BCUT2D eigenvalue weighted by Gasteiger charge is 2.24. The van der Waals surface area contributed by atoms with E-state index in [4.69, 9.17) is 16.3 Å². The maximum absolute atomic E-state index is 13.4. The average molecular weight is 460 g/mol. The lowest BCUT2D eigenvalue weighted by atomic mass is 10.0. The van der Waals surface area contributed by atoms with E-state index in [1.807, 2.05) is 31.2 Å². The van der Waals surface area contributed by atoms with Crippen molar-refractivity contribution in [1.82, 2.24) is 15.2 Å². The second kappa shape index (κ2) is 9.87. The number of aromatic nitrogens is 1. The van der Waals surface area contributed by atoms with Gasteiger partial charge in [-0.25, -0.2) is 9.37 Å². The number of nitrogens with one attached hydrogen (secondary N) is 1. The highest BCUT2D eigenvalue weighted by atomic mass is 35.5. The number of aryl methyl sites for hydroxylation is 1. The molecule has 1 aromatic heterocycles. The molecule has 1 amide bonds. The first-order chi connectivity index (χ1) is 15.0. The second-order valence-corrected chi connectivity index (χ2v) is 8.80. The lowest BCUT2D eigenvalue weighted by Gasteiger charge is -2.34. The number of carbonyl (C=O) groups is 1. The zero-order chi connectivity index (χ0) is 21.8. The molecule has 2 aromatic carbocycles. The third-order valence-corrected chi connectivity index (χ3v) is 6.75. The number of thiazole rings is 1. The van der Waals surface area contributed by atoms with E-state index in [0.717, 1.165) is 29.2 Å². The predicted molar refractivity (Wildman–Crippen MR) is 121 cm³/mol. The highest BCUT2D eigenvalue weighted by Crippen LogP contribution is 2.29. The van der Waals surface area contributed by atoms with Gasteiger partial charge in [-0.15, -0.1) is 11.3 Å². The molecule has 8 heteroatoms. The van der Waals surface area contributed by atoms with Gasteiger partial charge < -0.3 is 10.1 Å². The van der Waals surface area contributed by atoms with E-state index >= 15 is 0 Å². The first kappa shape index (κ1) is 21.9. The van der Waals surface area contributed by atoms with E-state index in [-0.39, 0.29) is 17.8 Å². The van der Waals surface area contributed by atoms with Gasteiger partial charge in [0.05, 0.1) is 24.9 Å². The molecule has 5 nitrogen and oxygen atoms in total. The number of halogens is 2. The van der Waals surface area contributed by atoms with Crippen LogP contribution in [0.3, 0.4) is 0 Å². The molecule has 0 bridgehead atoms. The van der Waals surface area contributed by atoms with Crippen molar-refractivity contribution in [2.45, 2.75) is 13.0 Å². The molecule has 4 rings (SSSR count). The van der Waals surface area contributed by atoms with E-state index in [1.54, 1.807) is 12.1 Å². The van der Waals surface area contributed by atoms with Crippen LogP contribution >= 0.6 is 22.9 Å². The van der Waals surface area contributed by atoms with E-state index in [2.05, 4.69) is 15.2 Å². The molecular weight excluding hydrogens is 437 g/mol. The largest absolute Gasteiger partial charge is 0.379 e. The Hall–Kier alpha value is -2.32. The summed E-state index contributed by atoms with van der Waals surface area (Å²) < 4.78 is 18.9. The van der Waals surface area contributed by atoms with Crippen LogP contribution in [0.15, 0.2) is 48.5 Å². The van der Waals surface area contributed by atoms with Gasteiger partial charge in [0.25, 0.3) is 5.91 Å². The SMILES string of the molecule is Cc1nc(-c2ccc(Cl)cc2)sc1C(=O)NCC(c1ccc(F)cc1)N1CCOCC1. The molecule has 1 aliphatic heterocycles. The lowest BCUT2D eigenvalue weighted by molar-refractivity contribution is 0.0162. The number of ether oxygens (including phenoxy) is 1. The van der Waals surface area contributed by atoms with Crippen LogP contribution in [0.2, 0.25) is 5.02 Å². The number of rotatable bonds is 6. The number of carbonyl (C=O) groups excluding carboxylic acids is 1. The zero-order valence-electron chi connectivity index (χ0n) is 17.1. The molecule has 0 aliphatic carbocycles. The molecule has 31 heavy (non-hydrogen) atoms. The van der Waals surface area contributed by atoms with Gasteiger partial charge >= 0.3 is 0 Å². The fourth-order valence-electron chi connectivity index (χ4n) is 3.62. The minimum Gasteiger partial charge on any atom is -0.379 e. The van der Waals surface area contributed by atoms with Crippen LogP contribution in [0.25, 0.3) is 10.6 Å². The monoisotopic (exact) mass is 459 g/mol. The maximum Gasteiger partial charge on any atom is 0.263 e. The lowest BCUT2D eigenvalue weighted by Crippen LogP contribution is -2.43. The third kappa shape index (κ3) is 5.30. The van der Waals surface area contributed by atoms with E-state index in [1.165, 1.54) is 23.5 Å². The third-order valence-electron chi connectivity index (χ3n) is 5.29. The second-order valence-electron chi connectivity index (χ2n) is 7.37. The Morgan fingerprint density at radius 3 is 2.55 bits per heavy atom. The van der Waals surface area contributed by atoms with Gasteiger partial charge in [-0.1, -0.05) is 35.9 Å². The Bertz CT molecular complexity index is 1030. The molecule has 1 atom stereocenters. The number of nitrogens with zero attached hydrogens (tertiary/aromatic N) is 2. The molecule has 1 saturated heterocycles. The van der Waals surface area contributed by atoms with Gasteiger partial charge in [0.2, 0.25) is 0 Å². The van der Waals surface area contributed by atoms with E-state index in [0.29, 0.717) is 35.4 Å². The molecule has 162 valence electrons. The highest BCUT2D eigenvalue weighted by molar-refractivity contribution is 7.17. The van der Waals surface area contributed by atoms with Gasteiger partial charge in [-0.05, 0) is 36.8 Å². The van der Waals surface area contributed by atoms with Crippen LogP contribution in [-0.4, -0.2) is 48.6 Å². The van der Waals surface area contributed by atoms with Gasteiger partial charge in [0.15, 0.2) is 0 Å². The van der Waals surface area contributed by atoms with Gasteiger partial charge in [-0.2, -0.15) is 0 Å². The topological polar surface area (TPSA) is 54.5 Å². The minimum absolute atomic E-state index is 0.0580. The van der Waals surface area contributed by atoms with Crippen LogP contribution < -0.4 is 5.32 Å². The molecule has 0 saturated carbocycles. The molecule has 2 heterocycles. The average Bonchev–Trinajstić information content (AvgIpc) is 3.18. The Morgan fingerprint density at radius 2 is 1.87 bits per heavy atom. The van der Waals surface area contributed by atoms with Gasteiger partial charge in [0.1, 0.15) is 15.7 Å². The summed E-state index contributed by atoms with van der Waals surface area (Å²) >= 11 is 7.33. The van der Waals surface area contributed by atoms with Crippen LogP contribution in [0.1, 0.15) is 27.0 Å². The predicted octanol–water partition coefficient (Wildman–Crippen LogP) is 4.71. The fraction of sp³-hybridized carbons (Fsp3) is 0.304. The Labute approximate surface area is 189 Å². The summed E-state index contributed by atoms with van der Waals surface area (Å²) in [5.74, 6) is -0.431. The summed E-state index contributed by atoms with van der Waals surface area (Å²) in [5, 5.41) is 4.50. The molecule has 3 aromatic rings. The molecule has 1 fully saturated rings. The smallest absolute Gasteiger partial charge is 0.263 e. The normalized spacial score (nSPS) is 15.6. The Kier molecular flexibility index (Phi) is 6.97. The standard InChI is InChI=1S/C23H23ClFN3O2S/c1-15-21(31-23(27-15)17-2-6-18(24)7-3-17)22(29)26-14-20(28-10-12-30-13-11-28)16-4-8-19(25)9-5-16/h2-9,20H,10-14H2,1H3,(H,26,29). The summed E-state index contributed by atoms with van der Waals surface area (Å²) in [6.07, 6.45) is 0. The molecule has 0 spiro atoms. The van der Waals surface area contributed by atoms with E-state index < -0.39 is 0 Å². The number of amides is 1. The van der Waals surface area contributed by atoms with Crippen molar-refractivity contribution in [1.29, 1.82) is 0 Å². The quantitative estimate of drug-likeness (QED) is 0.579. The van der Waals surface area contributed by atoms with Crippen LogP contribution in [0.5, 0.6) is 0 Å². The van der Waals surface area contributed by atoms with Crippen LogP contribution in [-0.2, 0) is 4.74 Å². The van der Waals surface area contributed by atoms with Crippen molar-refractivity contribution in [2.24, 2.45) is 0 Å². The number of benzene rings is 2. The number of hydrogen-bond acceptors (Lipinski definition) is 5. The molecular formula is C23H23ClFN3O2S. The first-order valence-corrected chi connectivity index (χ1v) is 11.3. The summed E-state index contributed by atoms with van der Waals surface area (Å²) in [4.78, 5) is 20.4. The molecule has 1 aliphatic rings. The van der Waals surface area contributed by atoms with Crippen LogP contribution in [0.4, 0.5) is 4.39 Å². The Balaban J connectivity index is 1.49. The fourth-order valence-corrected chi connectivity index (χ4v) is 4.74. The molecule has 1 N–H and O–H groups in total. The van der Waals surface area contributed by atoms with Gasteiger partial charge in [0, 0.05) is 30.2 Å². The van der Waals surface area contributed by atoms with E-state index in [9.17, 15) is 9.18 Å². The maximum atomic E-state index is 13.4. The summed E-state index contributed by atoms with van der Waals surface area (Å²) in [6, 6.07) is 13.8. The first-order valence-electron chi connectivity index (χ1n) is 10.1. The van der Waals surface area contributed by atoms with Crippen molar-refractivity contribution >= 4 is 28.8 Å². The van der Waals surface area contributed by atoms with Crippen molar-refractivity contribution in [3.05, 3.63) is 75.5 Å². The van der Waals surface area contributed by atoms with Crippen molar-refractivity contribution < 1.29 is 13.9 Å². The van der Waals surface area contributed by atoms with Crippen molar-refractivity contribution in [3.8, 4) is 10.6 Å². The summed E-state index contributed by atoms with van der Waals surface area (Å²) in [7, 11) is 0. The summed E-state index contributed by atoms with van der Waals surface area (Å²) in [6.45, 7) is 5.06. The Morgan fingerprint density at radius 1 is 1.19 bits per heavy atom. The number of hydrogen-bond donors (Lipinski definition) is 1. The van der Waals surface area contributed by atoms with Crippen LogP contribution in [0, 0.1) is 12.7 Å². The molecule has 1 unspecified atom stereocenters. The van der Waals surface area contributed by atoms with Crippen molar-refractivity contribution in [2.75, 3.05) is 32.8 Å². The number of morpholine rings is 1. The summed E-state index contributed by atoms with van der Waals surface area (Å²) in [5.41, 5.74) is 2.58. The van der Waals surface area contributed by atoms with Crippen molar-refractivity contribution in [3.63, 3.8) is 0 Å². The minimum atomic E-state index is -0.275.